The van der Waals surface area contributed by atoms with Crippen LogP contribution in [0.25, 0.3) is 5.69 Å². The van der Waals surface area contributed by atoms with Gasteiger partial charge in [-0.3, -0.25) is 0 Å². The molecule has 2 heterocycles. The summed E-state index contributed by atoms with van der Waals surface area (Å²) in [6.45, 7) is 0. The van der Waals surface area contributed by atoms with E-state index in [0.717, 1.165) is 22.8 Å². The number of hydrogen-bond acceptors (Lipinski definition) is 4. The first-order valence-electron chi connectivity index (χ1n) is 6.08. The van der Waals surface area contributed by atoms with Gasteiger partial charge in [-0.25, -0.2) is 9.67 Å². The van der Waals surface area contributed by atoms with Gasteiger partial charge in [0.25, 0.3) is 0 Å². The molecule has 1 atom stereocenters. The molecule has 5 heteroatoms. The summed E-state index contributed by atoms with van der Waals surface area (Å²) in [6.07, 6.45) is 4.46. The SMILES string of the molecule is NC(Cc1nccs1)c1ccn(-c2ccccc2)n1. The van der Waals surface area contributed by atoms with Gasteiger partial charge < -0.3 is 5.73 Å². The van der Waals surface area contributed by atoms with E-state index in [2.05, 4.69) is 10.1 Å². The highest BCUT2D eigenvalue weighted by Crippen LogP contribution is 2.17. The van der Waals surface area contributed by atoms with E-state index in [1.54, 1.807) is 17.5 Å². The standard InChI is InChI=1S/C14H14N4S/c15-12(10-14-16-7-9-19-14)13-6-8-18(17-13)11-4-2-1-3-5-11/h1-9,12H,10,15H2. The molecule has 96 valence electrons. The van der Waals surface area contributed by atoms with E-state index in [0.29, 0.717) is 0 Å². The van der Waals surface area contributed by atoms with Crippen LogP contribution in [0.4, 0.5) is 0 Å². The number of aromatic nitrogens is 3. The van der Waals surface area contributed by atoms with Gasteiger partial charge in [-0.05, 0) is 18.2 Å². The van der Waals surface area contributed by atoms with Crippen LogP contribution in [0.15, 0.2) is 54.2 Å². The molecule has 0 fully saturated rings. The van der Waals surface area contributed by atoms with Crippen LogP contribution in [-0.2, 0) is 6.42 Å². The molecule has 3 aromatic rings. The van der Waals surface area contributed by atoms with Crippen molar-refractivity contribution < 1.29 is 0 Å². The van der Waals surface area contributed by atoms with Gasteiger partial charge in [-0.15, -0.1) is 11.3 Å². The van der Waals surface area contributed by atoms with Crippen molar-refractivity contribution in [2.75, 3.05) is 0 Å². The minimum absolute atomic E-state index is 0.115. The Hall–Kier alpha value is -1.98. The van der Waals surface area contributed by atoms with Crippen LogP contribution in [0, 0.1) is 0 Å². The topological polar surface area (TPSA) is 56.7 Å². The average molecular weight is 270 g/mol. The van der Waals surface area contributed by atoms with Crippen molar-refractivity contribution in [1.82, 2.24) is 14.8 Å². The normalized spacial score (nSPS) is 12.5. The molecule has 0 saturated heterocycles. The molecule has 1 aromatic carbocycles. The molecule has 2 N–H and O–H groups in total. The summed E-state index contributed by atoms with van der Waals surface area (Å²) < 4.78 is 1.84. The zero-order chi connectivity index (χ0) is 13.1. The molecule has 0 radical (unpaired) electrons. The van der Waals surface area contributed by atoms with E-state index >= 15 is 0 Å². The van der Waals surface area contributed by atoms with Crippen LogP contribution in [0.2, 0.25) is 0 Å². The lowest BCUT2D eigenvalue weighted by Crippen LogP contribution is -2.14. The Bertz CT molecular complexity index is 631. The van der Waals surface area contributed by atoms with Crippen LogP contribution in [0.3, 0.4) is 0 Å². The second kappa shape index (κ2) is 5.34. The van der Waals surface area contributed by atoms with Gasteiger partial charge in [0.05, 0.1) is 22.4 Å². The lowest BCUT2D eigenvalue weighted by molar-refractivity contribution is 0.675. The van der Waals surface area contributed by atoms with Crippen LogP contribution in [0.1, 0.15) is 16.7 Å². The highest BCUT2D eigenvalue weighted by molar-refractivity contribution is 7.09. The van der Waals surface area contributed by atoms with Gasteiger partial charge in [0.2, 0.25) is 0 Å². The smallest absolute Gasteiger partial charge is 0.0944 e. The quantitative estimate of drug-likeness (QED) is 0.792. The fraction of sp³-hybridized carbons (Fsp3) is 0.143. The van der Waals surface area contributed by atoms with Crippen molar-refractivity contribution in [3.63, 3.8) is 0 Å². The zero-order valence-corrected chi connectivity index (χ0v) is 11.1. The summed E-state index contributed by atoms with van der Waals surface area (Å²) in [4.78, 5) is 4.25. The molecular formula is C14H14N4S. The second-order valence-electron chi connectivity index (χ2n) is 4.26. The van der Waals surface area contributed by atoms with Crippen molar-refractivity contribution in [3.05, 3.63) is 64.9 Å². The van der Waals surface area contributed by atoms with Crippen molar-refractivity contribution in [1.29, 1.82) is 0 Å². The summed E-state index contributed by atoms with van der Waals surface area (Å²) in [6, 6.07) is 11.9. The van der Waals surface area contributed by atoms with E-state index in [-0.39, 0.29) is 6.04 Å². The van der Waals surface area contributed by atoms with Gasteiger partial charge in [-0.1, -0.05) is 18.2 Å². The first-order valence-corrected chi connectivity index (χ1v) is 6.96. The minimum atomic E-state index is -0.115. The molecule has 19 heavy (non-hydrogen) atoms. The van der Waals surface area contributed by atoms with Crippen LogP contribution in [-0.4, -0.2) is 14.8 Å². The van der Waals surface area contributed by atoms with Gasteiger partial charge in [0.1, 0.15) is 0 Å². The van der Waals surface area contributed by atoms with Crippen LogP contribution in [0.5, 0.6) is 0 Å². The molecular weight excluding hydrogens is 256 g/mol. The van der Waals surface area contributed by atoms with Gasteiger partial charge in [0, 0.05) is 24.2 Å². The number of benzene rings is 1. The van der Waals surface area contributed by atoms with Crippen molar-refractivity contribution in [2.45, 2.75) is 12.5 Å². The fourth-order valence-corrected chi connectivity index (χ4v) is 2.58. The molecule has 0 aliphatic rings. The third kappa shape index (κ3) is 2.72. The van der Waals surface area contributed by atoms with Crippen LogP contribution >= 0.6 is 11.3 Å². The molecule has 0 bridgehead atoms. The van der Waals surface area contributed by atoms with Gasteiger partial charge >= 0.3 is 0 Å². The second-order valence-corrected chi connectivity index (χ2v) is 5.24. The predicted octanol–water partition coefficient (Wildman–Crippen LogP) is 2.57. The van der Waals surface area contributed by atoms with E-state index < -0.39 is 0 Å². The summed E-state index contributed by atoms with van der Waals surface area (Å²) in [5, 5.41) is 7.54. The Morgan fingerprint density at radius 1 is 1.21 bits per heavy atom. The summed E-state index contributed by atoms with van der Waals surface area (Å²) in [7, 11) is 0. The largest absolute Gasteiger partial charge is 0.322 e. The summed E-state index contributed by atoms with van der Waals surface area (Å²) >= 11 is 1.62. The fourth-order valence-electron chi connectivity index (χ4n) is 1.91. The zero-order valence-electron chi connectivity index (χ0n) is 10.3. The highest BCUT2D eigenvalue weighted by atomic mass is 32.1. The molecule has 0 aliphatic carbocycles. The van der Waals surface area contributed by atoms with E-state index in [1.807, 2.05) is 52.7 Å². The molecule has 0 amide bonds. The van der Waals surface area contributed by atoms with Crippen LogP contribution < -0.4 is 5.73 Å². The summed E-state index contributed by atoms with van der Waals surface area (Å²) in [5.41, 5.74) is 8.09. The maximum absolute atomic E-state index is 6.17. The first kappa shape index (κ1) is 12.1. The minimum Gasteiger partial charge on any atom is -0.322 e. The highest BCUT2D eigenvalue weighted by Gasteiger charge is 2.12. The van der Waals surface area contributed by atoms with E-state index in [9.17, 15) is 0 Å². The maximum atomic E-state index is 6.17. The Kier molecular flexibility index (Phi) is 3.39. The predicted molar refractivity (Wildman–Crippen MR) is 76.3 cm³/mol. The number of para-hydroxylation sites is 1. The maximum Gasteiger partial charge on any atom is 0.0944 e. The lowest BCUT2D eigenvalue weighted by Gasteiger charge is -2.06. The third-order valence-corrected chi connectivity index (χ3v) is 3.69. The molecule has 4 nitrogen and oxygen atoms in total. The average Bonchev–Trinajstić information content (AvgIpc) is 3.10. The molecule has 2 aromatic heterocycles. The third-order valence-electron chi connectivity index (χ3n) is 2.89. The summed E-state index contributed by atoms with van der Waals surface area (Å²) in [5.74, 6) is 0. The number of hydrogen-bond donors (Lipinski definition) is 1. The number of rotatable bonds is 4. The van der Waals surface area contributed by atoms with Gasteiger partial charge in [-0.2, -0.15) is 5.10 Å². The number of nitrogens with zero attached hydrogens (tertiary/aromatic N) is 3. The van der Waals surface area contributed by atoms with Crippen molar-refractivity contribution in [2.24, 2.45) is 5.73 Å². The van der Waals surface area contributed by atoms with Crippen molar-refractivity contribution >= 4 is 11.3 Å². The van der Waals surface area contributed by atoms with E-state index in [1.165, 1.54) is 0 Å². The molecule has 0 aliphatic heterocycles. The Balaban J connectivity index is 1.78. The number of thiazole rings is 1. The molecule has 0 spiro atoms. The van der Waals surface area contributed by atoms with Crippen molar-refractivity contribution in [3.8, 4) is 5.69 Å². The van der Waals surface area contributed by atoms with Gasteiger partial charge in [0.15, 0.2) is 0 Å². The number of nitrogens with two attached hydrogens (primary N) is 1. The Labute approximate surface area is 115 Å². The molecule has 3 rings (SSSR count). The van der Waals surface area contributed by atoms with E-state index in [4.69, 9.17) is 5.73 Å². The first-order chi connectivity index (χ1) is 9.33. The molecule has 1 unspecified atom stereocenters. The molecule has 0 saturated carbocycles. The monoisotopic (exact) mass is 270 g/mol. The Morgan fingerprint density at radius 2 is 2.05 bits per heavy atom. The Morgan fingerprint density at radius 3 is 2.79 bits per heavy atom. The lowest BCUT2D eigenvalue weighted by atomic mass is 10.2.